The van der Waals surface area contributed by atoms with Crippen LogP contribution in [0.4, 0.5) is 0 Å². The Kier molecular flexibility index (Phi) is 4.88. The van der Waals surface area contributed by atoms with E-state index < -0.39 is 5.41 Å². The molecule has 1 amide bonds. The molecule has 1 N–H and O–H groups in total. The van der Waals surface area contributed by atoms with Gasteiger partial charge in [-0.2, -0.15) is 0 Å². The Bertz CT molecular complexity index is 935. The summed E-state index contributed by atoms with van der Waals surface area (Å²) in [4.78, 5) is 30.4. The normalized spacial score (nSPS) is 26.9. The molecule has 0 radical (unpaired) electrons. The van der Waals surface area contributed by atoms with Crippen LogP contribution in [0, 0.1) is 5.92 Å². The Balaban J connectivity index is 1.70. The summed E-state index contributed by atoms with van der Waals surface area (Å²) in [5.41, 5.74) is 2.78. The smallest absolute Gasteiger partial charge is 0.270 e. The van der Waals surface area contributed by atoms with Gasteiger partial charge in [-0.3, -0.25) is 14.6 Å². The Morgan fingerprint density at radius 3 is 2.64 bits per heavy atom. The van der Waals surface area contributed by atoms with Crippen LogP contribution in [0.25, 0.3) is 6.08 Å². The van der Waals surface area contributed by atoms with E-state index in [0.717, 1.165) is 42.4 Å². The fraction of sp³-hybridized carbons (Fsp3) is 0.375. The van der Waals surface area contributed by atoms with E-state index in [4.69, 9.17) is 0 Å². The molecule has 3 atom stereocenters. The van der Waals surface area contributed by atoms with Crippen LogP contribution in [0.15, 0.2) is 54.2 Å². The molecule has 4 nitrogen and oxygen atoms in total. The number of nitrogens with one attached hydrogen (secondary N) is 1. The highest BCUT2D eigenvalue weighted by atomic mass is 16.2. The number of carbonyl (C=O) groups excluding carboxylic acids is 2. The van der Waals surface area contributed by atoms with Gasteiger partial charge in [0.15, 0.2) is 5.78 Å². The number of hydrogen-bond acceptors (Lipinski definition) is 3. The van der Waals surface area contributed by atoms with E-state index in [1.165, 1.54) is 0 Å². The molecule has 2 aromatic rings. The van der Waals surface area contributed by atoms with Gasteiger partial charge in [0, 0.05) is 12.2 Å². The van der Waals surface area contributed by atoms with Gasteiger partial charge in [-0.05, 0) is 67.5 Å². The number of ketones is 1. The third-order valence-corrected chi connectivity index (χ3v) is 6.44. The molecule has 4 rings (SSSR count). The summed E-state index contributed by atoms with van der Waals surface area (Å²) >= 11 is 0. The average Bonchev–Trinajstić information content (AvgIpc) is 2.73. The number of benzene rings is 1. The van der Waals surface area contributed by atoms with Crippen LogP contribution >= 0.6 is 0 Å². The maximum atomic E-state index is 13.4. The third-order valence-electron chi connectivity index (χ3n) is 6.44. The van der Waals surface area contributed by atoms with Gasteiger partial charge in [0.05, 0.1) is 5.41 Å². The molecule has 4 heteroatoms. The number of nitrogens with zero attached hydrogens (tertiary/aromatic N) is 1. The molecular weight excluding hydrogens is 348 g/mol. The first-order chi connectivity index (χ1) is 13.5. The molecule has 1 aromatic carbocycles. The third kappa shape index (κ3) is 3.07. The minimum absolute atomic E-state index is 0.0452. The van der Waals surface area contributed by atoms with E-state index in [0.29, 0.717) is 5.69 Å². The van der Waals surface area contributed by atoms with Gasteiger partial charge in [0.2, 0.25) is 0 Å². The molecule has 0 saturated heterocycles. The number of hydrogen-bond donors (Lipinski definition) is 1. The van der Waals surface area contributed by atoms with Crippen molar-refractivity contribution in [3.63, 3.8) is 0 Å². The number of fused-ring (bicyclic) bond motifs is 1. The Morgan fingerprint density at radius 1 is 1.11 bits per heavy atom. The van der Waals surface area contributed by atoms with E-state index >= 15 is 0 Å². The zero-order valence-corrected chi connectivity index (χ0v) is 16.4. The molecule has 0 aliphatic heterocycles. The first-order valence-electron chi connectivity index (χ1n) is 10.1. The number of pyridine rings is 1. The zero-order valence-electron chi connectivity index (χ0n) is 16.4. The van der Waals surface area contributed by atoms with Crippen LogP contribution in [-0.4, -0.2) is 22.7 Å². The lowest BCUT2D eigenvalue weighted by Gasteiger charge is -2.46. The predicted octanol–water partition coefficient (Wildman–Crippen LogP) is 4.31. The molecular formula is C24H26N2O2. The summed E-state index contributed by atoms with van der Waals surface area (Å²) in [7, 11) is 0. The lowest BCUT2D eigenvalue weighted by molar-refractivity contribution is -0.123. The maximum absolute atomic E-state index is 13.4. The van der Waals surface area contributed by atoms with E-state index in [2.05, 4.69) is 29.4 Å². The second kappa shape index (κ2) is 7.34. The van der Waals surface area contributed by atoms with Gasteiger partial charge in [0.1, 0.15) is 5.69 Å². The molecule has 1 saturated carbocycles. The molecule has 1 heterocycles. The van der Waals surface area contributed by atoms with Crippen molar-refractivity contribution >= 4 is 17.8 Å². The van der Waals surface area contributed by atoms with Crippen LogP contribution in [0.3, 0.4) is 0 Å². The standard InChI is InChI=1S/C24H26N2O2/c1-16-15-17-9-3-4-10-18(17)24(2,22(16)27)19-11-5-6-12-20(19)26-23(28)21-13-7-8-14-25-21/h3-4,7-10,13-15,19-20H,5-6,11-12H2,1-2H3,(H,26,28)/t19-,20+,24-/m0/s1. The highest BCUT2D eigenvalue weighted by Crippen LogP contribution is 2.46. The molecule has 0 spiro atoms. The van der Waals surface area contributed by atoms with Crippen LogP contribution in [0.2, 0.25) is 0 Å². The van der Waals surface area contributed by atoms with Crippen LogP contribution < -0.4 is 5.32 Å². The van der Waals surface area contributed by atoms with Gasteiger partial charge >= 0.3 is 0 Å². The molecule has 0 unspecified atom stereocenters. The van der Waals surface area contributed by atoms with Crippen LogP contribution in [0.1, 0.15) is 61.1 Å². The molecule has 1 fully saturated rings. The minimum atomic E-state index is -0.627. The second-order valence-corrected chi connectivity index (χ2v) is 8.13. The number of allylic oxidation sites excluding steroid dienone is 1. The Morgan fingerprint density at radius 2 is 1.86 bits per heavy atom. The summed E-state index contributed by atoms with van der Waals surface area (Å²) in [6.07, 6.45) is 7.57. The zero-order chi connectivity index (χ0) is 19.7. The number of Topliss-reactive ketones (excluding diaryl/α,β-unsaturated/α-hetero) is 1. The van der Waals surface area contributed by atoms with E-state index in [1.54, 1.807) is 18.3 Å². The molecule has 2 aliphatic carbocycles. The number of amides is 1. The summed E-state index contributed by atoms with van der Waals surface area (Å²) in [6.45, 7) is 3.97. The molecule has 144 valence electrons. The SMILES string of the molecule is CC1=Cc2ccccc2[C@@](C)([C@H]2CCCC[C@H]2NC(=O)c2ccccn2)C1=O. The van der Waals surface area contributed by atoms with Crippen molar-refractivity contribution in [2.45, 2.75) is 51.0 Å². The van der Waals surface area contributed by atoms with Crippen molar-refractivity contribution in [3.05, 3.63) is 71.1 Å². The van der Waals surface area contributed by atoms with Gasteiger partial charge in [-0.1, -0.05) is 43.2 Å². The molecule has 0 bridgehead atoms. The second-order valence-electron chi connectivity index (χ2n) is 8.13. The minimum Gasteiger partial charge on any atom is -0.348 e. The predicted molar refractivity (Wildman–Crippen MR) is 110 cm³/mol. The number of rotatable bonds is 3. The molecule has 2 aliphatic rings. The molecule has 28 heavy (non-hydrogen) atoms. The van der Waals surface area contributed by atoms with E-state index in [-0.39, 0.29) is 23.7 Å². The Labute approximate surface area is 166 Å². The summed E-state index contributed by atoms with van der Waals surface area (Å²) in [6, 6.07) is 13.5. The van der Waals surface area contributed by atoms with Crippen molar-refractivity contribution in [1.82, 2.24) is 10.3 Å². The monoisotopic (exact) mass is 374 g/mol. The van der Waals surface area contributed by atoms with E-state index in [9.17, 15) is 9.59 Å². The topological polar surface area (TPSA) is 59.1 Å². The lowest BCUT2D eigenvalue weighted by atomic mass is 9.58. The number of carbonyl (C=O) groups is 2. The van der Waals surface area contributed by atoms with Gasteiger partial charge in [-0.15, -0.1) is 0 Å². The summed E-state index contributed by atoms with van der Waals surface area (Å²) in [5, 5.41) is 3.20. The fourth-order valence-electron chi connectivity index (χ4n) is 5.03. The van der Waals surface area contributed by atoms with Crippen molar-refractivity contribution in [2.75, 3.05) is 0 Å². The van der Waals surface area contributed by atoms with Crippen molar-refractivity contribution < 1.29 is 9.59 Å². The van der Waals surface area contributed by atoms with Gasteiger partial charge in [-0.25, -0.2) is 0 Å². The highest BCUT2D eigenvalue weighted by molar-refractivity contribution is 6.09. The highest BCUT2D eigenvalue weighted by Gasteiger charge is 2.49. The van der Waals surface area contributed by atoms with Crippen LogP contribution in [0.5, 0.6) is 0 Å². The van der Waals surface area contributed by atoms with Crippen molar-refractivity contribution in [1.29, 1.82) is 0 Å². The quantitative estimate of drug-likeness (QED) is 0.871. The van der Waals surface area contributed by atoms with Crippen LogP contribution in [-0.2, 0) is 10.2 Å². The van der Waals surface area contributed by atoms with Gasteiger partial charge < -0.3 is 5.32 Å². The summed E-state index contributed by atoms with van der Waals surface area (Å²) in [5.74, 6) is 0.0753. The average molecular weight is 374 g/mol. The first kappa shape index (κ1) is 18.6. The maximum Gasteiger partial charge on any atom is 0.270 e. The van der Waals surface area contributed by atoms with Crippen molar-refractivity contribution in [2.24, 2.45) is 5.92 Å². The largest absolute Gasteiger partial charge is 0.348 e. The number of aromatic nitrogens is 1. The first-order valence-corrected chi connectivity index (χ1v) is 10.1. The summed E-state index contributed by atoms with van der Waals surface area (Å²) < 4.78 is 0. The Hall–Kier alpha value is -2.75. The lowest BCUT2D eigenvalue weighted by Crippen LogP contribution is -2.54. The fourth-order valence-corrected chi connectivity index (χ4v) is 5.03. The molecule has 1 aromatic heterocycles. The van der Waals surface area contributed by atoms with E-state index in [1.807, 2.05) is 31.2 Å². The van der Waals surface area contributed by atoms with Crippen molar-refractivity contribution in [3.8, 4) is 0 Å². The van der Waals surface area contributed by atoms with Gasteiger partial charge in [0.25, 0.3) is 5.91 Å².